The molecule has 7 atom stereocenters. The smallest absolute Gasteiger partial charge is 0.326 e. The maximum Gasteiger partial charge on any atom is 0.326 e. The molecule has 14 nitrogen and oxygen atoms in total. The Kier molecular flexibility index (Phi) is 13.7. The van der Waals surface area contributed by atoms with Crippen molar-refractivity contribution in [3.05, 3.63) is 95.6 Å². The summed E-state index contributed by atoms with van der Waals surface area (Å²) in [6.45, 7) is 3.95. The van der Waals surface area contributed by atoms with E-state index in [1.54, 1.807) is 35.2 Å². The number of benzene rings is 3. The van der Waals surface area contributed by atoms with E-state index in [1.807, 2.05) is 38.1 Å². The zero-order chi connectivity index (χ0) is 40.6. The Morgan fingerprint density at radius 2 is 1.53 bits per heavy atom. The number of fused-ring (bicyclic) bond motifs is 4. The number of β-amino-alcohol motifs (C(OH)–C–C–N with tert-alkyl or cyclic N) is 1. The van der Waals surface area contributed by atoms with Crippen molar-refractivity contribution in [3.63, 3.8) is 0 Å². The first kappa shape index (κ1) is 41.5. The third-order valence-corrected chi connectivity index (χ3v) is 10.8. The van der Waals surface area contributed by atoms with Gasteiger partial charge in [-0.25, -0.2) is 4.79 Å². The molecule has 0 radical (unpaired) electrons. The van der Waals surface area contributed by atoms with Crippen LogP contribution in [0.15, 0.2) is 78.9 Å². The fourth-order valence-electron chi connectivity index (χ4n) is 8.28. The van der Waals surface area contributed by atoms with Gasteiger partial charge in [-0.1, -0.05) is 92.7 Å². The number of carbonyl (C=O) groups is 5. The molecule has 2 heterocycles. The quantitative estimate of drug-likeness (QED) is 0.118. The van der Waals surface area contributed by atoms with E-state index in [0.717, 1.165) is 11.1 Å². The molecule has 304 valence electrons. The number of hydrogen-bond donors (Lipinski definition) is 5. The van der Waals surface area contributed by atoms with Gasteiger partial charge in [0.2, 0.25) is 11.8 Å². The first-order valence-electron chi connectivity index (χ1n) is 19.5. The first-order valence-corrected chi connectivity index (χ1v) is 19.5. The molecule has 2 aliphatic heterocycles. The molecular weight excluding hydrogens is 734 g/mol. The van der Waals surface area contributed by atoms with Crippen LogP contribution in [0.1, 0.15) is 62.1 Å². The Morgan fingerprint density at radius 1 is 0.877 bits per heavy atom. The minimum absolute atomic E-state index is 0.0407. The number of aliphatic hydroxyl groups excluding tert-OH is 1. The average Bonchev–Trinajstić information content (AvgIpc) is 3.67. The molecule has 0 unspecified atom stereocenters. The SMILES string of the molecule is CC(C)CO[C@@H]1C[C@@H]2[C@@H]([C@@H](COC(=O)CCC3c4ccccc4-c4ccccc43)O1)N(CC(=O)N[C@@H](CC(=O)O)C(=O)N[C@@H](Cc1ccccc1)C(=O)O)C[C@H]2O. The molecule has 0 spiro atoms. The van der Waals surface area contributed by atoms with E-state index in [2.05, 4.69) is 34.9 Å². The number of aliphatic hydroxyl groups is 1. The second kappa shape index (κ2) is 18.9. The topological polar surface area (TPSA) is 201 Å². The van der Waals surface area contributed by atoms with Crippen LogP contribution in [0.3, 0.4) is 0 Å². The Bertz CT molecular complexity index is 1860. The van der Waals surface area contributed by atoms with Gasteiger partial charge in [0.15, 0.2) is 6.29 Å². The highest BCUT2D eigenvalue weighted by Gasteiger charge is 2.51. The first-order chi connectivity index (χ1) is 27.4. The van der Waals surface area contributed by atoms with Crippen LogP contribution in [-0.4, -0.2) is 113 Å². The summed E-state index contributed by atoms with van der Waals surface area (Å²) in [5, 5.41) is 35.4. The highest BCUT2D eigenvalue weighted by Crippen LogP contribution is 2.46. The predicted octanol–water partition coefficient (Wildman–Crippen LogP) is 3.34. The number of rotatable bonds is 18. The Balaban J connectivity index is 1.11. The highest BCUT2D eigenvalue weighted by atomic mass is 16.7. The van der Waals surface area contributed by atoms with Crippen LogP contribution in [0.2, 0.25) is 0 Å². The van der Waals surface area contributed by atoms with Gasteiger partial charge in [0.25, 0.3) is 0 Å². The normalized spacial score (nSPS) is 22.5. The summed E-state index contributed by atoms with van der Waals surface area (Å²) in [6.07, 6.45) is -2.19. The van der Waals surface area contributed by atoms with Crippen molar-refractivity contribution in [1.29, 1.82) is 0 Å². The maximum atomic E-state index is 13.5. The fraction of sp³-hybridized carbons (Fsp3) is 0.465. The van der Waals surface area contributed by atoms with E-state index < -0.39 is 78.7 Å². The summed E-state index contributed by atoms with van der Waals surface area (Å²) in [4.78, 5) is 65.5. The zero-order valence-corrected chi connectivity index (χ0v) is 32.1. The Hall–Kier alpha value is -5.15. The summed E-state index contributed by atoms with van der Waals surface area (Å²) >= 11 is 0. The molecule has 2 amide bonds. The summed E-state index contributed by atoms with van der Waals surface area (Å²) in [5.41, 5.74) is 5.30. The van der Waals surface area contributed by atoms with Gasteiger partial charge in [-0.3, -0.25) is 24.1 Å². The van der Waals surface area contributed by atoms with Crippen LogP contribution in [0.5, 0.6) is 0 Å². The van der Waals surface area contributed by atoms with Crippen molar-refractivity contribution in [2.75, 3.05) is 26.3 Å². The molecule has 14 heteroatoms. The number of esters is 1. The number of hydrogen-bond acceptors (Lipinski definition) is 10. The van der Waals surface area contributed by atoms with Crippen molar-refractivity contribution < 1.29 is 53.5 Å². The summed E-state index contributed by atoms with van der Waals surface area (Å²) in [6, 6.07) is 21.4. The predicted molar refractivity (Wildman–Crippen MR) is 207 cm³/mol. The molecule has 0 bridgehead atoms. The van der Waals surface area contributed by atoms with E-state index in [4.69, 9.17) is 14.2 Å². The summed E-state index contributed by atoms with van der Waals surface area (Å²) in [5.74, 6) is -4.96. The molecule has 3 aromatic rings. The lowest BCUT2D eigenvalue weighted by molar-refractivity contribution is -0.235. The Morgan fingerprint density at radius 3 is 2.16 bits per heavy atom. The molecule has 3 aromatic carbocycles. The van der Waals surface area contributed by atoms with E-state index in [-0.39, 0.29) is 44.4 Å². The number of aliphatic carboxylic acids is 2. The number of ether oxygens (including phenoxy) is 3. The molecule has 6 rings (SSSR count). The zero-order valence-electron chi connectivity index (χ0n) is 32.1. The van der Waals surface area contributed by atoms with Gasteiger partial charge in [-0.2, -0.15) is 0 Å². The van der Waals surface area contributed by atoms with Crippen molar-refractivity contribution >= 4 is 29.7 Å². The number of carbonyl (C=O) groups excluding carboxylic acids is 3. The van der Waals surface area contributed by atoms with Crippen molar-refractivity contribution in [2.45, 2.75) is 88.5 Å². The van der Waals surface area contributed by atoms with Gasteiger partial charge < -0.3 is 40.2 Å². The number of carboxylic acids is 2. The standard InChI is InChI=1S/C43H51N3O11/c1-25(2)23-56-40-19-32-35(47)21-46(22-37(48)44-33(20-38(49)50)42(52)45-34(43(53)54)18-26-10-4-3-5-11-26)41(32)36(57-40)24-55-39(51)17-16-31-29-14-8-6-12-27(29)28-13-7-9-15-30(28)31/h3-15,25,31-36,40-41,47H,16-24H2,1-2H3,(H,44,48)(H,45,52)(H,49,50)(H,53,54)/t32-,33-,34-,35+,36+,40-,41-/m0/s1. The van der Waals surface area contributed by atoms with Crippen LogP contribution in [0.25, 0.3) is 11.1 Å². The van der Waals surface area contributed by atoms with Gasteiger partial charge in [-0.05, 0) is 40.2 Å². The van der Waals surface area contributed by atoms with E-state index in [1.165, 1.54) is 11.1 Å². The molecule has 2 fully saturated rings. The highest BCUT2D eigenvalue weighted by molar-refractivity contribution is 5.93. The lowest BCUT2D eigenvalue weighted by atomic mass is 9.88. The van der Waals surface area contributed by atoms with Crippen molar-refractivity contribution in [1.82, 2.24) is 15.5 Å². The molecular formula is C43H51N3O11. The number of nitrogens with one attached hydrogen (secondary N) is 2. The Labute approximate surface area is 331 Å². The monoisotopic (exact) mass is 785 g/mol. The fourth-order valence-corrected chi connectivity index (χ4v) is 8.28. The van der Waals surface area contributed by atoms with Crippen LogP contribution in [-0.2, 0) is 44.6 Å². The summed E-state index contributed by atoms with van der Waals surface area (Å²) < 4.78 is 18.2. The van der Waals surface area contributed by atoms with E-state index in [0.29, 0.717) is 25.0 Å². The molecule has 3 aliphatic rings. The van der Waals surface area contributed by atoms with Gasteiger partial charge in [0.05, 0.1) is 25.7 Å². The van der Waals surface area contributed by atoms with Crippen LogP contribution in [0.4, 0.5) is 0 Å². The molecule has 57 heavy (non-hydrogen) atoms. The second-order valence-corrected chi connectivity index (χ2v) is 15.5. The minimum Gasteiger partial charge on any atom is -0.481 e. The molecule has 2 saturated heterocycles. The average molecular weight is 786 g/mol. The molecule has 0 aromatic heterocycles. The second-order valence-electron chi connectivity index (χ2n) is 15.5. The third-order valence-electron chi connectivity index (χ3n) is 10.8. The molecule has 1 aliphatic carbocycles. The maximum absolute atomic E-state index is 13.5. The van der Waals surface area contributed by atoms with E-state index >= 15 is 0 Å². The lowest BCUT2D eigenvalue weighted by Gasteiger charge is -2.41. The number of likely N-dealkylation sites (tertiary alicyclic amines) is 1. The third kappa shape index (κ3) is 10.4. The van der Waals surface area contributed by atoms with Gasteiger partial charge in [0, 0.05) is 43.7 Å². The van der Waals surface area contributed by atoms with Gasteiger partial charge in [0.1, 0.15) is 24.8 Å². The largest absolute Gasteiger partial charge is 0.481 e. The van der Waals surface area contributed by atoms with Crippen LogP contribution < -0.4 is 10.6 Å². The molecule has 0 saturated carbocycles. The summed E-state index contributed by atoms with van der Waals surface area (Å²) in [7, 11) is 0. The molecule has 5 N–H and O–H groups in total. The van der Waals surface area contributed by atoms with Crippen molar-refractivity contribution in [3.8, 4) is 11.1 Å². The van der Waals surface area contributed by atoms with Gasteiger partial charge >= 0.3 is 17.9 Å². The van der Waals surface area contributed by atoms with Crippen LogP contribution >= 0.6 is 0 Å². The lowest BCUT2D eigenvalue weighted by Crippen LogP contribution is -2.57. The van der Waals surface area contributed by atoms with E-state index in [9.17, 15) is 39.3 Å². The number of carboxylic acid groups (broad SMARTS) is 2. The minimum atomic E-state index is -1.58. The van der Waals surface area contributed by atoms with Crippen molar-refractivity contribution in [2.24, 2.45) is 11.8 Å². The number of nitrogens with zero attached hydrogens (tertiary/aromatic N) is 1. The van der Waals surface area contributed by atoms with Crippen LogP contribution in [0, 0.1) is 11.8 Å². The van der Waals surface area contributed by atoms with Gasteiger partial charge in [-0.15, -0.1) is 0 Å². The number of amides is 2.